The van der Waals surface area contributed by atoms with E-state index in [9.17, 15) is 14.4 Å². The molecule has 0 unspecified atom stereocenters. The van der Waals surface area contributed by atoms with Gasteiger partial charge in [0.2, 0.25) is 0 Å². The van der Waals surface area contributed by atoms with Crippen LogP contribution in [0.2, 0.25) is 0 Å². The highest BCUT2D eigenvalue weighted by atomic mass is 32.1. The lowest BCUT2D eigenvalue weighted by Gasteiger charge is -2.04. The molecule has 32 heavy (non-hydrogen) atoms. The van der Waals surface area contributed by atoms with Gasteiger partial charge in [0.25, 0.3) is 5.56 Å². The Morgan fingerprint density at radius 2 is 1.56 bits per heavy atom. The second-order valence-corrected chi connectivity index (χ2v) is 8.51. The number of nitrogens with zero attached hydrogens (tertiary/aromatic N) is 2. The first kappa shape index (κ1) is 21.6. The molecule has 4 rings (SSSR count). The summed E-state index contributed by atoms with van der Waals surface area (Å²) < 4.78 is 1.38. The number of benzene rings is 2. The second-order valence-electron chi connectivity index (χ2n) is 7.53. The van der Waals surface area contributed by atoms with Crippen molar-refractivity contribution >= 4 is 22.9 Å². The van der Waals surface area contributed by atoms with Crippen molar-refractivity contribution in [1.82, 2.24) is 9.55 Å². The zero-order valence-electron chi connectivity index (χ0n) is 17.7. The van der Waals surface area contributed by atoms with E-state index >= 15 is 0 Å². The first-order valence-electron chi connectivity index (χ1n) is 10.4. The van der Waals surface area contributed by atoms with E-state index < -0.39 is 0 Å². The summed E-state index contributed by atoms with van der Waals surface area (Å²) >= 11 is 1.20. The van der Waals surface area contributed by atoms with Crippen molar-refractivity contribution in [2.45, 2.75) is 26.2 Å². The van der Waals surface area contributed by atoms with Gasteiger partial charge < -0.3 is 0 Å². The number of Topliss-reactive ketones (excluding diaryl/α,β-unsaturated/α-hetero) is 2. The van der Waals surface area contributed by atoms with Gasteiger partial charge >= 0.3 is 0 Å². The van der Waals surface area contributed by atoms with Crippen molar-refractivity contribution in [1.29, 1.82) is 0 Å². The fourth-order valence-corrected chi connectivity index (χ4v) is 4.48. The molecule has 2 aromatic heterocycles. The average molecular weight is 443 g/mol. The molecular weight excluding hydrogens is 420 g/mol. The molecule has 0 radical (unpaired) electrons. The summed E-state index contributed by atoms with van der Waals surface area (Å²) in [5, 5.41) is 0.428. The van der Waals surface area contributed by atoms with Crippen molar-refractivity contribution in [3.05, 3.63) is 117 Å². The van der Waals surface area contributed by atoms with Gasteiger partial charge in [-0.1, -0.05) is 72.0 Å². The summed E-state index contributed by atoms with van der Waals surface area (Å²) in [7, 11) is 0. The number of carbonyl (C=O) groups excluding carboxylic acids is 2. The number of rotatable bonds is 8. The molecule has 0 bridgehead atoms. The summed E-state index contributed by atoms with van der Waals surface area (Å²) in [4.78, 5) is 43.0. The highest BCUT2D eigenvalue weighted by molar-refractivity contribution is 7.16. The van der Waals surface area contributed by atoms with E-state index in [4.69, 9.17) is 0 Å². The van der Waals surface area contributed by atoms with Crippen LogP contribution in [0.5, 0.6) is 0 Å². The van der Waals surface area contributed by atoms with Gasteiger partial charge in [0.05, 0.1) is 10.6 Å². The van der Waals surface area contributed by atoms with Crippen LogP contribution >= 0.6 is 11.3 Å². The quantitative estimate of drug-likeness (QED) is 0.366. The largest absolute Gasteiger partial charge is 0.294 e. The average Bonchev–Trinajstić information content (AvgIpc) is 3.20. The van der Waals surface area contributed by atoms with Crippen LogP contribution < -0.4 is 5.56 Å². The minimum absolute atomic E-state index is 0.0119. The summed E-state index contributed by atoms with van der Waals surface area (Å²) in [5.41, 5.74) is 2.63. The highest BCUT2D eigenvalue weighted by Crippen LogP contribution is 2.23. The molecule has 0 spiro atoms. The summed E-state index contributed by atoms with van der Waals surface area (Å²) in [6, 6.07) is 22.2. The lowest BCUT2D eigenvalue weighted by atomic mass is 10.0. The van der Waals surface area contributed by atoms with Gasteiger partial charge in [-0.05, 0) is 30.5 Å². The zero-order valence-corrected chi connectivity index (χ0v) is 18.5. The van der Waals surface area contributed by atoms with Crippen LogP contribution in [-0.4, -0.2) is 21.1 Å². The first-order valence-corrected chi connectivity index (χ1v) is 11.2. The Bertz CT molecular complexity index is 1310. The van der Waals surface area contributed by atoms with Crippen LogP contribution in [0.3, 0.4) is 0 Å². The van der Waals surface area contributed by atoms with E-state index in [2.05, 4.69) is 4.98 Å². The molecule has 0 saturated carbocycles. The molecule has 0 atom stereocenters. The third-order valence-electron chi connectivity index (χ3n) is 5.18. The van der Waals surface area contributed by atoms with E-state index in [0.717, 1.165) is 11.1 Å². The van der Waals surface area contributed by atoms with Crippen LogP contribution in [0.15, 0.2) is 83.8 Å². The Morgan fingerprint density at radius 3 is 2.22 bits per heavy atom. The Balaban J connectivity index is 1.50. The van der Waals surface area contributed by atoms with Crippen molar-refractivity contribution in [2.75, 3.05) is 0 Å². The van der Waals surface area contributed by atoms with Gasteiger partial charge in [-0.2, -0.15) is 0 Å². The van der Waals surface area contributed by atoms with E-state index in [-0.39, 0.29) is 23.5 Å². The van der Waals surface area contributed by atoms with Crippen LogP contribution in [0.4, 0.5) is 0 Å². The van der Waals surface area contributed by atoms with E-state index in [1.807, 2.05) is 60.7 Å². The molecule has 0 amide bonds. The molecule has 0 saturated heterocycles. The van der Waals surface area contributed by atoms with E-state index in [1.54, 1.807) is 19.2 Å². The SMILES string of the molecule is Cc1nc(-n2ccc(C(=O)Cc3ccccc3)cc2=O)sc1C(=O)CCc1ccccc1. The molecule has 6 heteroatoms. The summed E-state index contributed by atoms with van der Waals surface area (Å²) in [6.07, 6.45) is 2.83. The lowest BCUT2D eigenvalue weighted by molar-refractivity contribution is 0.0980. The standard InChI is InChI=1S/C26H22N2O3S/c1-18-25(22(29)13-12-19-8-4-2-5-9-19)32-26(27-18)28-15-14-21(17-24(28)31)23(30)16-20-10-6-3-7-11-20/h2-11,14-15,17H,12-13,16H2,1H3. The fourth-order valence-electron chi connectivity index (χ4n) is 3.45. The van der Waals surface area contributed by atoms with Crippen LogP contribution in [0.1, 0.15) is 43.3 Å². The van der Waals surface area contributed by atoms with Crippen molar-refractivity contribution in [2.24, 2.45) is 0 Å². The van der Waals surface area contributed by atoms with E-state index in [1.165, 1.54) is 22.0 Å². The highest BCUT2D eigenvalue weighted by Gasteiger charge is 2.17. The molecule has 0 fully saturated rings. The minimum atomic E-state index is -0.346. The fraction of sp³-hybridized carbons (Fsp3) is 0.154. The molecule has 0 aliphatic heterocycles. The number of hydrogen-bond donors (Lipinski definition) is 0. The maximum atomic E-state index is 12.7. The molecule has 0 aliphatic rings. The summed E-state index contributed by atoms with van der Waals surface area (Å²) in [6.45, 7) is 1.78. The molecule has 0 aliphatic carbocycles. The van der Waals surface area contributed by atoms with Gasteiger partial charge in [0.1, 0.15) is 0 Å². The molecule has 0 N–H and O–H groups in total. The van der Waals surface area contributed by atoms with Gasteiger partial charge in [0.15, 0.2) is 16.7 Å². The van der Waals surface area contributed by atoms with Crippen molar-refractivity contribution < 1.29 is 9.59 Å². The maximum Gasteiger partial charge on any atom is 0.257 e. The molecule has 160 valence electrons. The van der Waals surface area contributed by atoms with Crippen LogP contribution in [0.25, 0.3) is 5.13 Å². The van der Waals surface area contributed by atoms with E-state index in [0.29, 0.717) is 34.1 Å². The lowest BCUT2D eigenvalue weighted by Crippen LogP contribution is -2.19. The molecular formula is C26H22N2O3S. The number of ketones is 2. The number of hydrogen-bond acceptors (Lipinski definition) is 5. The zero-order chi connectivity index (χ0) is 22.5. The molecule has 2 heterocycles. The first-order chi connectivity index (χ1) is 15.5. The van der Waals surface area contributed by atoms with Crippen LogP contribution in [-0.2, 0) is 12.8 Å². The van der Waals surface area contributed by atoms with Crippen molar-refractivity contribution in [3.8, 4) is 5.13 Å². The Morgan fingerprint density at radius 1 is 0.906 bits per heavy atom. The van der Waals surface area contributed by atoms with Crippen LogP contribution in [0, 0.1) is 6.92 Å². The van der Waals surface area contributed by atoms with Gasteiger partial charge in [0, 0.05) is 30.7 Å². The Hall–Kier alpha value is -3.64. The Labute approximate surface area is 190 Å². The minimum Gasteiger partial charge on any atom is -0.294 e. The smallest absolute Gasteiger partial charge is 0.257 e. The topological polar surface area (TPSA) is 69.0 Å². The normalized spacial score (nSPS) is 10.8. The molecule has 4 aromatic rings. The summed E-state index contributed by atoms with van der Waals surface area (Å²) in [5.74, 6) is -0.106. The predicted octanol–water partition coefficient (Wildman–Crippen LogP) is 4.84. The van der Waals surface area contributed by atoms with Gasteiger partial charge in [-0.3, -0.25) is 19.0 Å². The third-order valence-corrected chi connectivity index (χ3v) is 6.38. The maximum absolute atomic E-state index is 12.7. The molecule has 5 nitrogen and oxygen atoms in total. The Kier molecular flexibility index (Phi) is 6.52. The van der Waals surface area contributed by atoms with Crippen molar-refractivity contribution in [3.63, 3.8) is 0 Å². The predicted molar refractivity (Wildman–Crippen MR) is 126 cm³/mol. The van der Waals surface area contributed by atoms with Gasteiger partial charge in [-0.15, -0.1) is 0 Å². The second kappa shape index (κ2) is 9.66. The van der Waals surface area contributed by atoms with Gasteiger partial charge in [-0.25, -0.2) is 4.98 Å². The number of thiazole rings is 1. The number of carbonyl (C=O) groups is 2. The number of aryl methyl sites for hydroxylation is 2. The molecule has 2 aromatic carbocycles. The number of pyridine rings is 1. The number of aromatic nitrogens is 2. The third kappa shape index (κ3) is 4.98. The monoisotopic (exact) mass is 442 g/mol.